The van der Waals surface area contributed by atoms with Crippen molar-refractivity contribution in [3.05, 3.63) is 48.6 Å². The van der Waals surface area contributed by atoms with E-state index in [0.29, 0.717) is 6.42 Å². The maximum absolute atomic E-state index is 12.5. The third-order valence-corrected chi connectivity index (χ3v) is 16.8. The van der Waals surface area contributed by atoms with E-state index in [9.17, 15) is 15.0 Å². The van der Waals surface area contributed by atoms with E-state index < -0.39 is 12.1 Å². The van der Waals surface area contributed by atoms with Crippen LogP contribution in [0.25, 0.3) is 0 Å². The summed E-state index contributed by atoms with van der Waals surface area (Å²) in [6.45, 7) is 4.34. The summed E-state index contributed by atoms with van der Waals surface area (Å²) in [4.78, 5) is 12.5. The van der Waals surface area contributed by atoms with Gasteiger partial charge in [-0.15, -0.1) is 0 Å². The van der Waals surface area contributed by atoms with Gasteiger partial charge in [0.2, 0.25) is 5.91 Å². The number of rotatable bonds is 67. The molecule has 3 N–H and O–H groups in total. The zero-order chi connectivity index (χ0) is 56.2. The molecule has 2 atom stereocenters. The van der Waals surface area contributed by atoms with Crippen molar-refractivity contribution in [2.75, 3.05) is 6.61 Å². The summed E-state index contributed by atoms with van der Waals surface area (Å²) >= 11 is 0. The fourth-order valence-corrected chi connectivity index (χ4v) is 11.4. The normalized spacial score (nSPS) is 12.9. The second-order valence-electron chi connectivity index (χ2n) is 24.7. The first kappa shape index (κ1) is 76.3. The molecule has 0 aromatic carbocycles. The lowest BCUT2D eigenvalue weighted by Gasteiger charge is -2.20. The largest absolute Gasteiger partial charge is 0.394 e. The Hall–Kier alpha value is -1.65. The SMILES string of the molecule is CCCCCCC/C=C\C/C=C\C/C=C\CCCCCCCCCCCCCCCCCCCCCCCCCCCCC(=O)NC(CO)C(O)/C=C/CCCCCCCCCCCCCCCCCCCCCCCCC. The topological polar surface area (TPSA) is 69.6 Å². The highest BCUT2D eigenvalue weighted by atomic mass is 16.3. The Morgan fingerprint density at radius 2 is 0.526 bits per heavy atom. The average molecular weight is 1090 g/mol. The Morgan fingerprint density at radius 3 is 0.782 bits per heavy atom. The van der Waals surface area contributed by atoms with Crippen LogP contribution in [0.5, 0.6) is 0 Å². The van der Waals surface area contributed by atoms with Crippen molar-refractivity contribution in [3.8, 4) is 0 Å². The number of hydrogen-bond donors (Lipinski definition) is 3. The molecule has 0 saturated carbocycles. The van der Waals surface area contributed by atoms with Gasteiger partial charge >= 0.3 is 0 Å². The van der Waals surface area contributed by atoms with Crippen molar-refractivity contribution >= 4 is 5.91 Å². The maximum atomic E-state index is 12.5. The second-order valence-corrected chi connectivity index (χ2v) is 24.7. The molecule has 4 heteroatoms. The Labute approximate surface area is 490 Å². The zero-order valence-corrected chi connectivity index (χ0v) is 53.2. The fraction of sp³-hybridized carbons (Fsp3) is 0.878. The molecule has 0 aliphatic heterocycles. The van der Waals surface area contributed by atoms with Crippen LogP contribution in [0.3, 0.4) is 0 Å². The lowest BCUT2D eigenvalue weighted by Crippen LogP contribution is -2.45. The van der Waals surface area contributed by atoms with Crippen molar-refractivity contribution in [2.45, 2.75) is 411 Å². The summed E-state index contributed by atoms with van der Waals surface area (Å²) in [7, 11) is 0. The van der Waals surface area contributed by atoms with Gasteiger partial charge in [0.05, 0.1) is 18.8 Å². The van der Waals surface area contributed by atoms with E-state index in [0.717, 1.165) is 38.5 Å². The lowest BCUT2D eigenvalue weighted by molar-refractivity contribution is -0.123. The molecule has 0 spiro atoms. The first-order chi connectivity index (χ1) is 38.7. The van der Waals surface area contributed by atoms with E-state index >= 15 is 0 Å². The Bertz CT molecular complexity index is 1240. The van der Waals surface area contributed by atoms with Gasteiger partial charge < -0.3 is 15.5 Å². The Balaban J connectivity index is 3.40. The van der Waals surface area contributed by atoms with Gasteiger partial charge in [-0.1, -0.05) is 383 Å². The minimum Gasteiger partial charge on any atom is -0.394 e. The molecule has 0 aliphatic rings. The molecular weight excluding hydrogens is 951 g/mol. The smallest absolute Gasteiger partial charge is 0.220 e. The standard InChI is InChI=1S/C74H141NO3/c1-3-5-7-9-11-13-15-17-19-21-23-25-27-29-30-31-32-33-34-35-36-37-38-39-40-41-42-43-44-46-48-50-52-54-56-58-60-62-64-66-68-70-74(78)75-72(71-76)73(77)69-67-65-63-61-59-57-55-53-51-49-47-45-28-26-24-22-20-18-16-14-12-10-8-6-4-2/h15,17,21,23,27,29,67,69,72-73,76-77H,3-14,16,18-20,22,24-26,28,30-66,68,70-71H2,1-2H3,(H,75,78)/b17-15-,23-21-,29-27-,69-67+. The van der Waals surface area contributed by atoms with Gasteiger partial charge in [-0.25, -0.2) is 0 Å². The molecule has 0 aromatic rings. The molecular formula is C74H141NO3. The van der Waals surface area contributed by atoms with Crippen molar-refractivity contribution < 1.29 is 15.0 Å². The summed E-state index contributed by atoms with van der Waals surface area (Å²) in [6, 6.07) is -0.622. The number of nitrogens with one attached hydrogen (secondary N) is 1. The molecule has 78 heavy (non-hydrogen) atoms. The number of amides is 1. The van der Waals surface area contributed by atoms with Crippen LogP contribution < -0.4 is 5.32 Å². The molecule has 4 nitrogen and oxygen atoms in total. The van der Waals surface area contributed by atoms with Gasteiger partial charge in [0, 0.05) is 6.42 Å². The summed E-state index contributed by atoms with van der Waals surface area (Å²) in [5.41, 5.74) is 0. The third-order valence-electron chi connectivity index (χ3n) is 16.8. The molecule has 0 aromatic heterocycles. The van der Waals surface area contributed by atoms with Crippen molar-refractivity contribution in [2.24, 2.45) is 0 Å². The summed E-state index contributed by atoms with van der Waals surface area (Å²) in [5.74, 6) is -0.0554. The molecule has 0 rings (SSSR count). The van der Waals surface area contributed by atoms with Crippen LogP contribution in [0.1, 0.15) is 399 Å². The van der Waals surface area contributed by atoms with Crippen molar-refractivity contribution in [1.29, 1.82) is 0 Å². The molecule has 460 valence electrons. The first-order valence-electron chi connectivity index (χ1n) is 35.9. The van der Waals surface area contributed by atoms with E-state index in [-0.39, 0.29) is 12.5 Å². The summed E-state index contributed by atoms with van der Waals surface area (Å²) in [6.07, 6.45) is 97.8. The van der Waals surface area contributed by atoms with Gasteiger partial charge in [0.15, 0.2) is 0 Å². The summed E-state index contributed by atoms with van der Waals surface area (Å²) in [5, 5.41) is 23.3. The second kappa shape index (κ2) is 69.6. The number of unbranched alkanes of at least 4 members (excludes halogenated alkanes) is 54. The number of carbonyl (C=O) groups excluding carboxylic acids is 1. The minimum atomic E-state index is -0.839. The van der Waals surface area contributed by atoms with Gasteiger partial charge in [0.25, 0.3) is 0 Å². The quantitative estimate of drug-likeness (QED) is 0.0420. The number of allylic oxidation sites excluding steroid dienone is 7. The number of aliphatic hydroxyl groups excluding tert-OH is 2. The van der Waals surface area contributed by atoms with E-state index in [4.69, 9.17) is 0 Å². The fourth-order valence-electron chi connectivity index (χ4n) is 11.4. The average Bonchev–Trinajstić information content (AvgIpc) is 3.44. The predicted octanol–water partition coefficient (Wildman–Crippen LogP) is 24.5. The monoisotopic (exact) mass is 1090 g/mol. The summed E-state index contributed by atoms with van der Waals surface area (Å²) < 4.78 is 0. The number of hydrogen-bond acceptors (Lipinski definition) is 3. The van der Waals surface area contributed by atoms with E-state index in [2.05, 4.69) is 55.6 Å². The van der Waals surface area contributed by atoms with Crippen molar-refractivity contribution in [3.63, 3.8) is 0 Å². The van der Waals surface area contributed by atoms with Crippen LogP contribution in [-0.2, 0) is 4.79 Å². The highest BCUT2D eigenvalue weighted by Gasteiger charge is 2.18. The van der Waals surface area contributed by atoms with Gasteiger partial charge in [-0.05, 0) is 57.8 Å². The Morgan fingerprint density at radius 1 is 0.308 bits per heavy atom. The molecule has 0 radical (unpaired) electrons. The Kier molecular flexibility index (Phi) is 68.1. The molecule has 0 fully saturated rings. The van der Waals surface area contributed by atoms with E-state index in [1.807, 2.05) is 6.08 Å². The molecule has 2 unspecified atom stereocenters. The van der Waals surface area contributed by atoms with Crippen LogP contribution in [0.4, 0.5) is 0 Å². The van der Waals surface area contributed by atoms with Crippen LogP contribution in [-0.4, -0.2) is 34.9 Å². The minimum absolute atomic E-state index is 0.0554. The number of aliphatic hydroxyl groups is 2. The van der Waals surface area contributed by atoms with Gasteiger partial charge in [-0.3, -0.25) is 4.79 Å². The highest BCUT2D eigenvalue weighted by Crippen LogP contribution is 2.19. The third kappa shape index (κ3) is 65.2. The molecule has 0 heterocycles. The zero-order valence-electron chi connectivity index (χ0n) is 53.2. The van der Waals surface area contributed by atoms with Crippen LogP contribution in [0.2, 0.25) is 0 Å². The first-order valence-corrected chi connectivity index (χ1v) is 35.9. The van der Waals surface area contributed by atoms with Crippen LogP contribution in [0, 0.1) is 0 Å². The van der Waals surface area contributed by atoms with E-state index in [1.165, 1.54) is 340 Å². The molecule has 1 amide bonds. The maximum Gasteiger partial charge on any atom is 0.220 e. The van der Waals surface area contributed by atoms with Crippen molar-refractivity contribution in [1.82, 2.24) is 5.32 Å². The predicted molar refractivity (Wildman–Crippen MR) is 350 cm³/mol. The molecule has 0 aliphatic carbocycles. The molecule has 0 saturated heterocycles. The highest BCUT2D eigenvalue weighted by molar-refractivity contribution is 5.76. The van der Waals surface area contributed by atoms with Gasteiger partial charge in [-0.2, -0.15) is 0 Å². The van der Waals surface area contributed by atoms with Crippen LogP contribution >= 0.6 is 0 Å². The number of carbonyl (C=O) groups is 1. The van der Waals surface area contributed by atoms with E-state index in [1.54, 1.807) is 6.08 Å². The van der Waals surface area contributed by atoms with Crippen LogP contribution in [0.15, 0.2) is 48.6 Å². The van der Waals surface area contributed by atoms with Gasteiger partial charge in [0.1, 0.15) is 0 Å². The molecule has 0 bridgehead atoms. The lowest BCUT2D eigenvalue weighted by atomic mass is 10.0.